The molecule has 1 aromatic carbocycles. The van der Waals surface area contributed by atoms with Crippen LogP contribution in [0.5, 0.6) is 0 Å². The van der Waals surface area contributed by atoms with E-state index in [-0.39, 0.29) is 16.0 Å². The number of carbonyl (C=O) groups is 2. The van der Waals surface area contributed by atoms with Crippen molar-refractivity contribution in [2.75, 3.05) is 13.1 Å². The van der Waals surface area contributed by atoms with Crippen LogP contribution in [0.4, 0.5) is 0 Å². The fourth-order valence-electron chi connectivity index (χ4n) is 2.30. The molecule has 2 aromatic rings. The summed E-state index contributed by atoms with van der Waals surface area (Å²) in [4.78, 5) is 28.2. The normalized spacial score (nSPS) is 11.3. The molecule has 0 fully saturated rings. The van der Waals surface area contributed by atoms with Gasteiger partial charge in [-0.15, -0.1) is 0 Å². The van der Waals surface area contributed by atoms with Crippen LogP contribution in [-0.4, -0.2) is 42.6 Å². The van der Waals surface area contributed by atoms with E-state index in [9.17, 15) is 18.0 Å². The molecule has 2 amide bonds. The summed E-state index contributed by atoms with van der Waals surface area (Å²) in [7, 11) is -3.68. The Morgan fingerprint density at radius 1 is 1.04 bits per heavy atom. The smallest absolute Gasteiger partial charge is 0.267 e. The van der Waals surface area contributed by atoms with Crippen molar-refractivity contribution in [1.82, 2.24) is 20.1 Å². The first kappa shape index (κ1) is 21.0. The molecule has 2 rings (SSSR count). The van der Waals surface area contributed by atoms with Gasteiger partial charge in [-0.05, 0) is 40.2 Å². The van der Waals surface area contributed by atoms with Crippen LogP contribution in [0.1, 0.15) is 34.6 Å². The van der Waals surface area contributed by atoms with Crippen molar-refractivity contribution in [2.24, 2.45) is 0 Å². The van der Waals surface area contributed by atoms with Crippen LogP contribution in [-0.2, 0) is 10.0 Å². The number of rotatable bonds is 6. The molecule has 2 N–H and O–H groups in total. The molecule has 0 saturated heterocycles. The lowest BCUT2D eigenvalue weighted by Crippen LogP contribution is -2.41. The van der Waals surface area contributed by atoms with Crippen LogP contribution in [0, 0.1) is 0 Å². The van der Waals surface area contributed by atoms with E-state index in [2.05, 4.69) is 31.8 Å². The van der Waals surface area contributed by atoms with Gasteiger partial charge in [-0.1, -0.05) is 19.9 Å². The fourth-order valence-corrected chi connectivity index (χ4v) is 4.17. The Kier molecular flexibility index (Phi) is 7.05. The van der Waals surface area contributed by atoms with E-state index in [1.54, 1.807) is 19.9 Å². The minimum absolute atomic E-state index is 0.0152. The maximum atomic E-state index is 12.6. The minimum Gasteiger partial charge on any atom is -0.267 e. The molecule has 0 aliphatic heterocycles. The van der Waals surface area contributed by atoms with Gasteiger partial charge in [-0.25, -0.2) is 8.42 Å². The molecule has 8 nitrogen and oxygen atoms in total. The summed E-state index contributed by atoms with van der Waals surface area (Å²) in [5.74, 6) is -1.19. The van der Waals surface area contributed by atoms with E-state index >= 15 is 0 Å². The van der Waals surface area contributed by atoms with Crippen molar-refractivity contribution in [3.8, 4) is 0 Å². The standard InChI is InChI=1S/C17H19BrN4O4S/c1-3-22(4-2)27(25,26)15-7-5-6-12(9-15)16(23)20-21-17(24)13-8-14(18)11-19-10-13/h5-11H,3-4H2,1-2H3,(H,20,23)(H,21,24). The fraction of sp³-hybridized carbons (Fsp3) is 0.235. The molecular weight excluding hydrogens is 436 g/mol. The van der Waals surface area contributed by atoms with Gasteiger partial charge in [0.25, 0.3) is 11.8 Å². The molecule has 0 aliphatic carbocycles. The molecular formula is C17H19BrN4O4S. The number of amides is 2. The SMILES string of the molecule is CCN(CC)S(=O)(=O)c1cccc(C(=O)NNC(=O)c2cncc(Br)c2)c1. The highest BCUT2D eigenvalue weighted by Gasteiger charge is 2.22. The van der Waals surface area contributed by atoms with Gasteiger partial charge in [0.05, 0.1) is 10.5 Å². The van der Waals surface area contributed by atoms with E-state index in [0.717, 1.165) is 0 Å². The molecule has 0 aliphatic rings. The summed E-state index contributed by atoms with van der Waals surface area (Å²) < 4.78 is 27.0. The molecule has 0 spiro atoms. The first-order valence-corrected chi connectivity index (χ1v) is 10.3. The molecule has 0 bridgehead atoms. The zero-order valence-corrected chi connectivity index (χ0v) is 17.2. The molecule has 0 saturated carbocycles. The number of aromatic nitrogens is 1. The second kappa shape index (κ2) is 9.07. The van der Waals surface area contributed by atoms with Crippen LogP contribution in [0.2, 0.25) is 0 Å². The number of sulfonamides is 1. The van der Waals surface area contributed by atoms with Gasteiger partial charge in [-0.3, -0.25) is 25.4 Å². The maximum Gasteiger partial charge on any atom is 0.271 e. The Bertz CT molecular complexity index is 945. The second-order valence-electron chi connectivity index (χ2n) is 5.42. The quantitative estimate of drug-likeness (QED) is 0.648. The summed E-state index contributed by atoms with van der Waals surface area (Å²) in [6.07, 6.45) is 2.88. The zero-order chi connectivity index (χ0) is 20.0. The third kappa shape index (κ3) is 5.12. The summed E-state index contributed by atoms with van der Waals surface area (Å²) in [5, 5.41) is 0. The number of hydrogen-bond acceptors (Lipinski definition) is 5. The Balaban J connectivity index is 2.12. The molecule has 144 valence electrons. The van der Waals surface area contributed by atoms with Crippen LogP contribution in [0.3, 0.4) is 0 Å². The predicted molar refractivity (Wildman–Crippen MR) is 103 cm³/mol. The average Bonchev–Trinajstić information content (AvgIpc) is 2.66. The molecule has 0 atom stereocenters. The number of nitrogens with zero attached hydrogens (tertiary/aromatic N) is 2. The number of pyridine rings is 1. The summed E-state index contributed by atoms with van der Waals surface area (Å²) in [6, 6.07) is 7.19. The van der Waals surface area contributed by atoms with Gasteiger partial charge >= 0.3 is 0 Å². The van der Waals surface area contributed by atoms with Gasteiger partial charge in [0.1, 0.15) is 0 Å². The lowest BCUT2D eigenvalue weighted by molar-refractivity contribution is 0.0846. The first-order valence-electron chi connectivity index (χ1n) is 8.11. The number of hydrogen-bond donors (Lipinski definition) is 2. The van der Waals surface area contributed by atoms with Crippen molar-refractivity contribution < 1.29 is 18.0 Å². The van der Waals surface area contributed by atoms with Gasteiger partial charge < -0.3 is 0 Å². The highest BCUT2D eigenvalue weighted by Crippen LogP contribution is 2.17. The van der Waals surface area contributed by atoms with Crippen LogP contribution >= 0.6 is 15.9 Å². The Labute approximate surface area is 166 Å². The maximum absolute atomic E-state index is 12.6. The van der Waals surface area contributed by atoms with E-state index in [1.165, 1.54) is 41.0 Å². The monoisotopic (exact) mass is 454 g/mol. The van der Waals surface area contributed by atoms with E-state index < -0.39 is 21.8 Å². The number of halogens is 1. The molecule has 27 heavy (non-hydrogen) atoms. The van der Waals surface area contributed by atoms with E-state index in [4.69, 9.17) is 0 Å². The molecule has 0 radical (unpaired) electrons. The van der Waals surface area contributed by atoms with Crippen molar-refractivity contribution in [2.45, 2.75) is 18.7 Å². The molecule has 1 heterocycles. The second-order valence-corrected chi connectivity index (χ2v) is 8.27. The zero-order valence-electron chi connectivity index (χ0n) is 14.8. The average molecular weight is 455 g/mol. The number of nitrogens with one attached hydrogen (secondary N) is 2. The Morgan fingerprint density at radius 3 is 2.26 bits per heavy atom. The van der Waals surface area contributed by atoms with Gasteiger partial charge in [-0.2, -0.15) is 4.31 Å². The summed E-state index contributed by atoms with van der Waals surface area (Å²) >= 11 is 3.21. The van der Waals surface area contributed by atoms with Crippen LogP contribution in [0.15, 0.2) is 52.1 Å². The van der Waals surface area contributed by atoms with Crippen molar-refractivity contribution in [3.63, 3.8) is 0 Å². The topological polar surface area (TPSA) is 108 Å². The van der Waals surface area contributed by atoms with Gasteiger partial charge in [0, 0.05) is 35.5 Å². The van der Waals surface area contributed by atoms with Crippen LogP contribution < -0.4 is 10.9 Å². The molecule has 10 heteroatoms. The number of hydrazine groups is 1. The minimum atomic E-state index is -3.68. The third-order valence-electron chi connectivity index (χ3n) is 3.70. The van der Waals surface area contributed by atoms with Crippen LogP contribution in [0.25, 0.3) is 0 Å². The van der Waals surface area contributed by atoms with Crippen molar-refractivity contribution in [1.29, 1.82) is 0 Å². The molecule has 1 aromatic heterocycles. The lowest BCUT2D eigenvalue weighted by atomic mass is 10.2. The highest BCUT2D eigenvalue weighted by molar-refractivity contribution is 9.10. The predicted octanol–water partition coefficient (Wildman–Crippen LogP) is 1.95. The lowest BCUT2D eigenvalue weighted by Gasteiger charge is -2.18. The number of benzene rings is 1. The van der Waals surface area contributed by atoms with Crippen molar-refractivity contribution in [3.05, 3.63) is 58.3 Å². The molecule has 0 unspecified atom stereocenters. The largest absolute Gasteiger partial charge is 0.271 e. The highest BCUT2D eigenvalue weighted by atomic mass is 79.9. The summed E-state index contributed by atoms with van der Waals surface area (Å²) in [6.45, 7) is 4.13. The number of carbonyl (C=O) groups excluding carboxylic acids is 2. The Hall–Kier alpha value is -2.30. The van der Waals surface area contributed by atoms with Crippen molar-refractivity contribution >= 4 is 37.8 Å². The van der Waals surface area contributed by atoms with Gasteiger partial charge in [0.15, 0.2) is 0 Å². The van der Waals surface area contributed by atoms with E-state index in [1.807, 2.05) is 0 Å². The first-order chi connectivity index (χ1) is 12.8. The van der Waals surface area contributed by atoms with E-state index in [0.29, 0.717) is 17.6 Å². The summed E-state index contributed by atoms with van der Waals surface area (Å²) in [5.41, 5.74) is 4.89. The van der Waals surface area contributed by atoms with Gasteiger partial charge in [0.2, 0.25) is 10.0 Å². The Morgan fingerprint density at radius 2 is 1.67 bits per heavy atom. The third-order valence-corrected chi connectivity index (χ3v) is 6.18.